The predicted octanol–water partition coefficient (Wildman–Crippen LogP) is 1.67. The fourth-order valence-electron chi connectivity index (χ4n) is 3.07. The minimum atomic E-state index is -0.230. The summed E-state index contributed by atoms with van der Waals surface area (Å²) >= 11 is 0. The molecule has 1 aliphatic heterocycles. The third-order valence-corrected chi connectivity index (χ3v) is 4.15. The minimum Gasteiger partial charge on any atom is -0.463 e. The molecule has 0 aromatic carbocycles. The van der Waals surface area contributed by atoms with Crippen LogP contribution in [0, 0.1) is 0 Å². The number of rotatable bonds is 5. The van der Waals surface area contributed by atoms with Gasteiger partial charge in [0.2, 0.25) is 0 Å². The van der Waals surface area contributed by atoms with Gasteiger partial charge in [0.05, 0.1) is 6.61 Å². The first kappa shape index (κ1) is 14.5. The van der Waals surface area contributed by atoms with Crippen LogP contribution in [0.3, 0.4) is 0 Å². The quantitative estimate of drug-likeness (QED) is 0.560. The summed E-state index contributed by atoms with van der Waals surface area (Å²) in [4.78, 5) is 16.2. The molecule has 0 unspecified atom stereocenters. The zero-order chi connectivity index (χ0) is 13.5. The second-order valence-electron chi connectivity index (χ2n) is 5.43. The van der Waals surface area contributed by atoms with Crippen LogP contribution in [0.5, 0.6) is 0 Å². The Balaban J connectivity index is 1.64. The van der Waals surface area contributed by atoms with Crippen molar-refractivity contribution < 1.29 is 9.53 Å². The third kappa shape index (κ3) is 4.62. The van der Waals surface area contributed by atoms with E-state index in [4.69, 9.17) is 4.74 Å². The highest BCUT2D eigenvalue weighted by Gasteiger charge is 2.25. The molecule has 0 amide bonds. The highest BCUT2D eigenvalue weighted by molar-refractivity contribution is 5.81. The molecule has 1 aliphatic carbocycles. The van der Waals surface area contributed by atoms with Gasteiger partial charge in [0.25, 0.3) is 0 Å². The fraction of sp³-hybridized carbons (Fsp3) is 0.800. The van der Waals surface area contributed by atoms with E-state index < -0.39 is 0 Å². The molecular weight excluding hydrogens is 240 g/mol. The van der Waals surface area contributed by atoms with Gasteiger partial charge < -0.3 is 4.74 Å². The van der Waals surface area contributed by atoms with Crippen molar-refractivity contribution in [3.63, 3.8) is 0 Å². The molecule has 0 bridgehead atoms. The molecular formula is C15H26N2O2. The number of nitrogens with zero attached hydrogens (tertiary/aromatic N) is 2. The van der Waals surface area contributed by atoms with Crippen LogP contribution in [0.15, 0.2) is 12.2 Å². The first-order valence-corrected chi connectivity index (χ1v) is 7.59. The van der Waals surface area contributed by atoms with Gasteiger partial charge in [-0.2, -0.15) is 0 Å². The Morgan fingerprint density at radius 2 is 1.89 bits per heavy atom. The Kier molecular flexibility index (Phi) is 5.86. The number of ether oxygens (including phenoxy) is 1. The lowest BCUT2D eigenvalue weighted by Gasteiger charge is -2.37. The largest absolute Gasteiger partial charge is 0.463 e. The summed E-state index contributed by atoms with van der Waals surface area (Å²) in [6.07, 6.45) is 9.07. The zero-order valence-electron chi connectivity index (χ0n) is 12.0. The molecule has 4 nitrogen and oxygen atoms in total. The minimum absolute atomic E-state index is 0.230. The Hall–Kier alpha value is -0.870. The van der Waals surface area contributed by atoms with Gasteiger partial charge in [-0.25, -0.2) is 4.79 Å². The molecule has 1 heterocycles. The molecule has 2 rings (SSSR count). The van der Waals surface area contributed by atoms with Crippen LogP contribution in [0.2, 0.25) is 0 Å². The van der Waals surface area contributed by atoms with E-state index in [0.29, 0.717) is 6.61 Å². The number of piperazine rings is 1. The van der Waals surface area contributed by atoms with Gasteiger partial charge in [0, 0.05) is 44.8 Å². The number of carbonyl (C=O) groups is 1. The highest BCUT2D eigenvalue weighted by atomic mass is 16.5. The lowest BCUT2D eigenvalue weighted by Crippen LogP contribution is -2.49. The van der Waals surface area contributed by atoms with Crippen molar-refractivity contribution in [2.75, 3.05) is 39.3 Å². The second kappa shape index (κ2) is 7.65. The maximum absolute atomic E-state index is 11.2. The summed E-state index contributed by atoms with van der Waals surface area (Å²) in [5.41, 5.74) is 0. The van der Waals surface area contributed by atoms with Crippen molar-refractivity contribution in [3.8, 4) is 0 Å². The number of esters is 1. The lowest BCUT2D eigenvalue weighted by atomic mass is 10.2. The van der Waals surface area contributed by atoms with Crippen molar-refractivity contribution >= 4 is 5.97 Å². The average molecular weight is 266 g/mol. The molecule has 1 saturated carbocycles. The topological polar surface area (TPSA) is 32.8 Å². The van der Waals surface area contributed by atoms with Crippen LogP contribution in [0.4, 0.5) is 0 Å². The number of hydrogen-bond donors (Lipinski definition) is 0. The zero-order valence-corrected chi connectivity index (χ0v) is 12.0. The predicted molar refractivity (Wildman–Crippen MR) is 76.0 cm³/mol. The van der Waals surface area contributed by atoms with Gasteiger partial charge in [-0.15, -0.1) is 0 Å². The molecule has 19 heavy (non-hydrogen) atoms. The van der Waals surface area contributed by atoms with E-state index >= 15 is 0 Å². The highest BCUT2D eigenvalue weighted by Crippen LogP contribution is 2.24. The summed E-state index contributed by atoms with van der Waals surface area (Å²) in [7, 11) is 0. The fourth-order valence-corrected chi connectivity index (χ4v) is 3.07. The second-order valence-corrected chi connectivity index (χ2v) is 5.43. The van der Waals surface area contributed by atoms with Gasteiger partial charge in [-0.05, 0) is 19.8 Å². The molecule has 0 atom stereocenters. The first-order valence-electron chi connectivity index (χ1n) is 7.59. The molecule has 0 N–H and O–H groups in total. The van der Waals surface area contributed by atoms with Crippen molar-refractivity contribution in [3.05, 3.63) is 12.2 Å². The Morgan fingerprint density at radius 1 is 1.21 bits per heavy atom. The Labute approximate surface area is 116 Å². The monoisotopic (exact) mass is 266 g/mol. The Bertz CT molecular complexity index is 303. The maximum Gasteiger partial charge on any atom is 0.330 e. The van der Waals surface area contributed by atoms with Gasteiger partial charge in [-0.1, -0.05) is 18.9 Å². The van der Waals surface area contributed by atoms with Crippen LogP contribution in [0.1, 0.15) is 32.6 Å². The van der Waals surface area contributed by atoms with Crippen LogP contribution < -0.4 is 0 Å². The van der Waals surface area contributed by atoms with E-state index in [1.165, 1.54) is 38.8 Å². The molecule has 0 radical (unpaired) electrons. The summed E-state index contributed by atoms with van der Waals surface area (Å²) in [6.45, 7) is 7.72. The summed E-state index contributed by atoms with van der Waals surface area (Å²) in [5, 5.41) is 0. The van der Waals surface area contributed by atoms with E-state index in [0.717, 1.165) is 25.7 Å². The first-order chi connectivity index (χ1) is 9.29. The summed E-state index contributed by atoms with van der Waals surface area (Å²) in [6, 6.07) is 0.845. The molecule has 108 valence electrons. The van der Waals surface area contributed by atoms with Crippen molar-refractivity contribution in [1.82, 2.24) is 9.80 Å². The molecule has 0 spiro atoms. The van der Waals surface area contributed by atoms with Crippen LogP contribution in [-0.4, -0.2) is 61.1 Å². The summed E-state index contributed by atoms with van der Waals surface area (Å²) < 4.78 is 4.86. The standard InChI is InChI=1S/C15H26N2O2/c1-2-19-15(18)8-5-9-16-10-12-17(13-11-16)14-6-3-4-7-14/h5,8,14H,2-4,6-7,9-13H2,1H3/b8-5+. The molecule has 0 aromatic heterocycles. The van der Waals surface area contributed by atoms with E-state index in [2.05, 4.69) is 9.80 Å². The lowest BCUT2D eigenvalue weighted by molar-refractivity contribution is -0.137. The normalized spacial score (nSPS) is 23.2. The third-order valence-electron chi connectivity index (χ3n) is 4.15. The summed E-state index contributed by atoms with van der Waals surface area (Å²) in [5.74, 6) is -0.230. The molecule has 1 saturated heterocycles. The molecule has 0 aromatic rings. The number of hydrogen-bond acceptors (Lipinski definition) is 4. The molecule has 2 fully saturated rings. The Morgan fingerprint density at radius 3 is 2.53 bits per heavy atom. The van der Waals surface area contributed by atoms with Crippen molar-refractivity contribution in [2.24, 2.45) is 0 Å². The van der Waals surface area contributed by atoms with Crippen LogP contribution in [0.25, 0.3) is 0 Å². The van der Waals surface area contributed by atoms with Crippen molar-refractivity contribution in [1.29, 1.82) is 0 Å². The number of carbonyl (C=O) groups excluding carboxylic acids is 1. The SMILES string of the molecule is CCOC(=O)/C=C/CN1CCN(C2CCCC2)CC1. The van der Waals surface area contributed by atoms with Gasteiger partial charge >= 0.3 is 5.97 Å². The van der Waals surface area contributed by atoms with Crippen molar-refractivity contribution in [2.45, 2.75) is 38.6 Å². The van der Waals surface area contributed by atoms with E-state index in [1.54, 1.807) is 6.08 Å². The van der Waals surface area contributed by atoms with Gasteiger partial charge in [-0.3, -0.25) is 9.80 Å². The average Bonchev–Trinajstić information content (AvgIpc) is 2.94. The molecule has 4 heteroatoms. The maximum atomic E-state index is 11.2. The van der Waals surface area contributed by atoms with Crippen LogP contribution >= 0.6 is 0 Å². The van der Waals surface area contributed by atoms with E-state index in [9.17, 15) is 4.79 Å². The van der Waals surface area contributed by atoms with Crippen LogP contribution in [-0.2, 0) is 9.53 Å². The smallest absolute Gasteiger partial charge is 0.330 e. The van der Waals surface area contributed by atoms with E-state index in [1.807, 2.05) is 13.0 Å². The van der Waals surface area contributed by atoms with E-state index in [-0.39, 0.29) is 5.97 Å². The molecule has 2 aliphatic rings. The van der Waals surface area contributed by atoms with Gasteiger partial charge in [0.1, 0.15) is 0 Å². The van der Waals surface area contributed by atoms with Gasteiger partial charge in [0.15, 0.2) is 0 Å².